The summed E-state index contributed by atoms with van der Waals surface area (Å²) in [4.78, 5) is 12.6. The van der Waals surface area contributed by atoms with E-state index in [1.807, 2.05) is 6.92 Å². The Balaban J connectivity index is 1.84. The van der Waals surface area contributed by atoms with E-state index in [2.05, 4.69) is 5.32 Å². The Hall–Kier alpha value is -2.30. The van der Waals surface area contributed by atoms with Gasteiger partial charge in [0.05, 0.1) is 10.7 Å². The van der Waals surface area contributed by atoms with Crippen molar-refractivity contribution >= 4 is 33.2 Å². The summed E-state index contributed by atoms with van der Waals surface area (Å²) in [5.74, 6) is -0.674. The number of ether oxygens (including phenoxy) is 1. The lowest BCUT2D eigenvalue weighted by molar-refractivity contribution is -0.153. The Bertz CT molecular complexity index is 1090. The first-order valence-corrected chi connectivity index (χ1v) is 11.7. The Morgan fingerprint density at radius 3 is 2.66 bits per heavy atom. The van der Waals surface area contributed by atoms with Crippen LogP contribution in [0.4, 0.5) is 18.9 Å². The average molecular weight is 491 g/mol. The molecular formula is C21H22ClF3N2O4S. The van der Waals surface area contributed by atoms with Crippen molar-refractivity contribution in [3.05, 3.63) is 53.1 Å². The number of nitrogens with zero attached hydrogens (tertiary/aromatic N) is 1. The first kappa shape index (κ1) is 24.3. The molecule has 32 heavy (non-hydrogen) atoms. The van der Waals surface area contributed by atoms with Gasteiger partial charge in [-0.2, -0.15) is 17.5 Å². The van der Waals surface area contributed by atoms with E-state index in [4.69, 9.17) is 16.3 Å². The van der Waals surface area contributed by atoms with Crippen LogP contribution in [0.5, 0.6) is 5.75 Å². The highest BCUT2D eigenvalue weighted by atomic mass is 35.5. The molecule has 11 heteroatoms. The predicted molar refractivity (Wildman–Crippen MR) is 115 cm³/mol. The molecule has 0 saturated carbocycles. The van der Waals surface area contributed by atoms with Gasteiger partial charge in [-0.05, 0) is 49.1 Å². The largest absolute Gasteiger partial charge is 0.482 e. The van der Waals surface area contributed by atoms with Crippen LogP contribution in [0.25, 0.3) is 0 Å². The van der Waals surface area contributed by atoms with Gasteiger partial charge in [-0.25, -0.2) is 8.42 Å². The molecule has 0 aliphatic carbocycles. The molecule has 1 fully saturated rings. The highest BCUT2D eigenvalue weighted by molar-refractivity contribution is 7.89. The molecule has 0 aromatic heterocycles. The first-order chi connectivity index (χ1) is 15.0. The Labute approximate surface area is 189 Å². The minimum absolute atomic E-state index is 0.0105. The fraction of sp³-hybridized carbons (Fsp3) is 0.381. The zero-order chi connectivity index (χ0) is 23.5. The fourth-order valence-corrected chi connectivity index (χ4v) is 5.49. The third-order valence-electron chi connectivity index (χ3n) is 4.96. The van der Waals surface area contributed by atoms with Crippen LogP contribution >= 0.6 is 11.6 Å². The minimum atomic E-state index is -4.54. The molecule has 1 aliphatic rings. The summed E-state index contributed by atoms with van der Waals surface area (Å²) in [5, 5.41) is 2.45. The van der Waals surface area contributed by atoms with Gasteiger partial charge < -0.3 is 10.1 Å². The number of rotatable bonds is 6. The Kier molecular flexibility index (Phi) is 7.36. The summed E-state index contributed by atoms with van der Waals surface area (Å²) in [6, 6.07) is 9.48. The van der Waals surface area contributed by atoms with Crippen LogP contribution in [-0.4, -0.2) is 44.5 Å². The number of para-hydroxylation sites is 2. The van der Waals surface area contributed by atoms with Crippen molar-refractivity contribution in [2.24, 2.45) is 5.92 Å². The van der Waals surface area contributed by atoms with E-state index in [9.17, 15) is 26.4 Å². The maximum atomic E-state index is 13.1. The normalized spacial score (nSPS) is 17.7. The monoisotopic (exact) mass is 490 g/mol. The number of nitrogens with one attached hydrogen (secondary N) is 1. The van der Waals surface area contributed by atoms with Gasteiger partial charge in [-0.3, -0.25) is 4.79 Å². The lowest BCUT2D eigenvalue weighted by Crippen LogP contribution is -2.39. The lowest BCUT2D eigenvalue weighted by atomic mass is 10.0. The van der Waals surface area contributed by atoms with Crippen LogP contribution in [0.2, 0.25) is 5.02 Å². The van der Waals surface area contributed by atoms with Crippen molar-refractivity contribution in [2.75, 3.05) is 25.0 Å². The summed E-state index contributed by atoms with van der Waals surface area (Å²) >= 11 is 6.15. The number of amides is 1. The van der Waals surface area contributed by atoms with Crippen LogP contribution in [0, 0.1) is 5.92 Å². The van der Waals surface area contributed by atoms with Crippen molar-refractivity contribution in [3.8, 4) is 5.75 Å². The molecule has 0 bridgehead atoms. The van der Waals surface area contributed by atoms with E-state index in [1.165, 1.54) is 46.8 Å². The number of hydrogen-bond donors (Lipinski definition) is 1. The van der Waals surface area contributed by atoms with E-state index in [-0.39, 0.29) is 32.8 Å². The van der Waals surface area contributed by atoms with Crippen molar-refractivity contribution in [1.29, 1.82) is 0 Å². The number of sulfonamides is 1. The van der Waals surface area contributed by atoms with Gasteiger partial charge in [-0.1, -0.05) is 30.7 Å². The van der Waals surface area contributed by atoms with E-state index >= 15 is 0 Å². The second-order valence-electron chi connectivity index (χ2n) is 7.61. The molecular weight excluding hydrogens is 469 g/mol. The molecule has 2 aromatic rings. The second kappa shape index (κ2) is 9.68. The predicted octanol–water partition coefficient (Wildman–Crippen LogP) is 4.95. The van der Waals surface area contributed by atoms with E-state index in [0.29, 0.717) is 13.1 Å². The SMILES string of the molecule is CC1CCCN(S(=O)(=O)c2cc(C(=O)Nc3ccccc3OCC(F)(F)F)ccc2Cl)C1. The van der Waals surface area contributed by atoms with Gasteiger partial charge in [-0.15, -0.1) is 0 Å². The maximum Gasteiger partial charge on any atom is 0.422 e. The summed E-state index contributed by atoms with van der Waals surface area (Å²) in [6.45, 7) is 1.17. The van der Waals surface area contributed by atoms with Crippen molar-refractivity contribution in [3.63, 3.8) is 0 Å². The third kappa shape index (κ3) is 5.93. The molecule has 2 aromatic carbocycles. The van der Waals surface area contributed by atoms with E-state index < -0.39 is 28.7 Å². The summed E-state index contributed by atoms with van der Waals surface area (Å²) in [6.07, 6.45) is -2.88. The summed E-state index contributed by atoms with van der Waals surface area (Å²) in [7, 11) is -3.92. The molecule has 1 atom stereocenters. The highest BCUT2D eigenvalue weighted by Crippen LogP contribution is 2.30. The van der Waals surface area contributed by atoms with Crippen molar-refractivity contribution in [2.45, 2.75) is 30.8 Å². The maximum absolute atomic E-state index is 13.1. The molecule has 6 nitrogen and oxygen atoms in total. The molecule has 0 spiro atoms. The number of benzene rings is 2. The Morgan fingerprint density at radius 2 is 1.97 bits per heavy atom. The van der Waals surface area contributed by atoms with Crippen LogP contribution in [-0.2, 0) is 10.0 Å². The summed E-state index contributed by atoms with van der Waals surface area (Å²) < 4.78 is 69.8. The van der Waals surface area contributed by atoms with Gasteiger partial charge in [0, 0.05) is 18.7 Å². The van der Waals surface area contributed by atoms with Crippen LogP contribution in [0.3, 0.4) is 0 Å². The van der Waals surface area contributed by atoms with Crippen molar-refractivity contribution < 1.29 is 31.1 Å². The third-order valence-corrected chi connectivity index (χ3v) is 7.30. The minimum Gasteiger partial charge on any atom is -0.482 e. The molecule has 1 heterocycles. The molecule has 1 amide bonds. The quantitative estimate of drug-likeness (QED) is 0.621. The van der Waals surface area contributed by atoms with Crippen LogP contribution < -0.4 is 10.1 Å². The van der Waals surface area contributed by atoms with Crippen LogP contribution in [0.15, 0.2) is 47.4 Å². The van der Waals surface area contributed by atoms with Gasteiger partial charge in [0.25, 0.3) is 5.91 Å². The zero-order valence-corrected chi connectivity index (χ0v) is 18.7. The van der Waals surface area contributed by atoms with Crippen molar-refractivity contribution in [1.82, 2.24) is 4.31 Å². The topological polar surface area (TPSA) is 75.7 Å². The second-order valence-corrected chi connectivity index (χ2v) is 9.92. The molecule has 1 N–H and O–H groups in total. The number of carbonyl (C=O) groups is 1. The highest BCUT2D eigenvalue weighted by Gasteiger charge is 2.31. The number of alkyl halides is 3. The van der Waals surface area contributed by atoms with Gasteiger partial charge >= 0.3 is 6.18 Å². The van der Waals surface area contributed by atoms with Crippen LogP contribution in [0.1, 0.15) is 30.1 Å². The molecule has 1 saturated heterocycles. The molecule has 0 radical (unpaired) electrons. The molecule has 174 valence electrons. The number of hydrogen-bond acceptors (Lipinski definition) is 4. The number of halogens is 4. The number of anilines is 1. The van der Waals surface area contributed by atoms with E-state index in [0.717, 1.165) is 12.8 Å². The smallest absolute Gasteiger partial charge is 0.422 e. The number of piperidine rings is 1. The standard InChI is InChI=1S/C21H22ClF3N2O4S/c1-14-5-4-10-27(12-14)32(29,30)19-11-15(8-9-16(19)22)20(28)26-17-6-2-3-7-18(17)31-13-21(23,24)25/h2-3,6-9,11,14H,4-5,10,12-13H2,1H3,(H,26,28). The number of carbonyl (C=O) groups excluding carboxylic acids is 1. The summed E-state index contributed by atoms with van der Waals surface area (Å²) in [5.41, 5.74) is 0.00891. The molecule has 1 unspecified atom stereocenters. The first-order valence-electron chi connectivity index (χ1n) is 9.87. The lowest BCUT2D eigenvalue weighted by Gasteiger charge is -2.30. The fourth-order valence-electron chi connectivity index (χ4n) is 3.40. The zero-order valence-electron chi connectivity index (χ0n) is 17.2. The van der Waals surface area contributed by atoms with Gasteiger partial charge in [0.2, 0.25) is 10.0 Å². The molecule has 3 rings (SSSR count). The van der Waals surface area contributed by atoms with E-state index in [1.54, 1.807) is 0 Å². The van der Waals surface area contributed by atoms with Gasteiger partial charge in [0.1, 0.15) is 10.6 Å². The molecule has 1 aliphatic heterocycles. The van der Waals surface area contributed by atoms with Gasteiger partial charge in [0.15, 0.2) is 6.61 Å². The average Bonchev–Trinajstić information content (AvgIpc) is 2.72. The Morgan fingerprint density at radius 1 is 1.25 bits per heavy atom.